The molecule has 2 aromatic rings. The van der Waals surface area contributed by atoms with E-state index in [-0.39, 0.29) is 5.82 Å². The van der Waals surface area contributed by atoms with E-state index < -0.39 is 0 Å². The van der Waals surface area contributed by atoms with E-state index in [1.165, 1.54) is 17.2 Å². The quantitative estimate of drug-likeness (QED) is 0.878. The summed E-state index contributed by atoms with van der Waals surface area (Å²) < 4.78 is 13.2. The summed E-state index contributed by atoms with van der Waals surface area (Å²) in [5.74, 6) is 0.388. The summed E-state index contributed by atoms with van der Waals surface area (Å²) in [4.78, 5) is 0. The molecule has 0 spiro atoms. The maximum Gasteiger partial charge on any atom is 0.123 e. The molecule has 0 amide bonds. The van der Waals surface area contributed by atoms with Gasteiger partial charge in [0.2, 0.25) is 0 Å². The number of rotatable bonds is 4. The predicted octanol–water partition coefficient (Wildman–Crippen LogP) is 4.17. The van der Waals surface area contributed by atoms with Gasteiger partial charge in [-0.3, -0.25) is 0 Å². The van der Waals surface area contributed by atoms with Crippen LogP contribution in [0.5, 0.6) is 0 Å². The van der Waals surface area contributed by atoms with E-state index in [0.717, 1.165) is 24.9 Å². The van der Waals surface area contributed by atoms with Crippen molar-refractivity contribution in [2.75, 3.05) is 0 Å². The first-order valence-corrected chi connectivity index (χ1v) is 7.25. The van der Waals surface area contributed by atoms with Gasteiger partial charge in [-0.1, -0.05) is 42.0 Å². The highest BCUT2D eigenvalue weighted by Gasteiger charge is 2.29. The molecule has 1 saturated carbocycles. The lowest BCUT2D eigenvalue weighted by Crippen LogP contribution is -2.39. The molecule has 1 nitrogen and oxygen atoms in total. The first-order chi connectivity index (χ1) is 9.70. The molecule has 0 aliphatic heterocycles. The highest BCUT2D eigenvalue weighted by molar-refractivity contribution is 5.25. The Morgan fingerprint density at radius 1 is 1.10 bits per heavy atom. The van der Waals surface area contributed by atoms with Gasteiger partial charge in [0.25, 0.3) is 0 Å². The second kappa shape index (κ2) is 5.76. The Balaban J connectivity index is 1.49. The lowest BCUT2D eigenvalue weighted by molar-refractivity contribution is 0.289. The minimum atomic E-state index is -0.126. The van der Waals surface area contributed by atoms with Gasteiger partial charge in [0.05, 0.1) is 0 Å². The lowest BCUT2D eigenvalue weighted by atomic mass is 9.76. The summed E-state index contributed by atoms with van der Waals surface area (Å²) in [7, 11) is 0. The van der Waals surface area contributed by atoms with Crippen LogP contribution in [0.15, 0.2) is 48.5 Å². The van der Waals surface area contributed by atoms with Crippen molar-refractivity contribution in [2.24, 2.45) is 0 Å². The zero-order valence-corrected chi connectivity index (χ0v) is 11.8. The second-order valence-electron chi connectivity index (χ2n) is 5.79. The zero-order chi connectivity index (χ0) is 13.9. The van der Waals surface area contributed by atoms with Crippen LogP contribution in [0.25, 0.3) is 0 Å². The van der Waals surface area contributed by atoms with Gasteiger partial charge in [-0.25, -0.2) is 4.39 Å². The van der Waals surface area contributed by atoms with Crippen LogP contribution >= 0.6 is 0 Å². The van der Waals surface area contributed by atoms with Crippen LogP contribution in [-0.4, -0.2) is 6.04 Å². The number of benzene rings is 2. The summed E-state index contributed by atoms with van der Waals surface area (Å²) in [6.45, 7) is 3.04. The largest absolute Gasteiger partial charge is 0.310 e. The van der Waals surface area contributed by atoms with E-state index in [1.54, 1.807) is 12.1 Å². The predicted molar refractivity (Wildman–Crippen MR) is 80.2 cm³/mol. The molecule has 1 fully saturated rings. The molecule has 2 aromatic carbocycles. The highest BCUT2D eigenvalue weighted by atomic mass is 19.1. The van der Waals surface area contributed by atoms with Crippen LogP contribution in [0.4, 0.5) is 4.39 Å². The summed E-state index contributed by atoms with van der Waals surface area (Å²) in [6, 6.07) is 16.2. The van der Waals surface area contributed by atoms with Crippen molar-refractivity contribution in [3.63, 3.8) is 0 Å². The summed E-state index contributed by atoms with van der Waals surface area (Å²) in [6.07, 6.45) is 2.21. The normalized spacial score (nSPS) is 21.5. The average Bonchev–Trinajstić information content (AvgIpc) is 2.37. The van der Waals surface area contributed by atoms with Crippen LogP contribution in [0.2, 0.25) is 0 Å². The number of aryl methyl sites for hydroxylation is 1. The molecule has 0 atom stereocenters. The van der Waals surface area contributed by atoms with E-state index in [2.05, 4.69) is 36.5 Å². The molecule has 0 aromatic heterocycles. The second-order valence-corrected chi connectivity index (χ2v) is 5.79. The standard InChI is InChI=1S/C18H20FN/c1-13-4-2-5-14(8-13)12-20-18-10-16(11-18)15-6-3-7-17(19)9-15/h2-9,16,18,20H,10-12H2,1H3. The molecular formula is C18H20FN. The first kappa shape index (κ1) is 13.3. The summed E-state index contributed by atoms with van der Waals surface area (Å²) in [5.41, 5.74) is 3.77. The Bertz CT molecular complexity index is 585. The molecule has 0 unspecified atom stereocenters. The fraction of sp³-hybridized carbons (Fsp3) is 0.333. The number of hydrogen-bond donors (Lipinski definition) is 1. The number of nitrogens with one attached hydrogen (secondary N) is 1. The summed E-state index contributed by atoms with van der Waals surface area (Å²) >= 11 is 0. The van der Waals surface area contributed by atoms with Crippen molar-refractivity contribution in [3.8, 4) is 0 Å². The highest BCUT2D eigenvalue weighted by Crippen LogP contribution is 2.37. The van der Waals surface area contributed by atoms with E-state index in [4.69, 9.17) is 0 Å². The molecule has 0 radical (unpaired) electrons. The third-order valence-corrected chi connectivity index (χ3v) is 4.14. The van der Waals surface area contributed by atoms with Gasteiger partial charge >= 0.3 is 0 Å². The minimum absolute atomic E-state index is 0.126. The molecule has 0 saturated heterocycles. The van der Waals surface area contributed by atoms with Crippen LogP contribution in [0, 0.1) is 12.7 Å². The van der Waals surface area contributed by atoms with Gasteiger partial charge in [-0.15, -0.1) is 0 Å². The minimum Gasteiger partial charge on any atom is -0.310 e. The molecular weight excluding hydrogens is 249 g/mol. The van der Waals surface area contributed by atoms with Gasteiger partial charge in [0, 0.05) is 12.6 Å². The van der Waals surface area contributed by atoms with Gasteiger partial charge < -0.3 is 5.32 Å². The Hall–Kier alpha value is -1.67. The third-order valence-electron chi connectivity index (χ3n) is 4.14. The monoisotopic (exact) mass is 269 g/mol. The van der Waals surface area contributed by atoms with Crippen LogP contribution in [0.3, 0.4) is 0 Å². The van der Waals surface area contributed by atoms with Crippen LogP contribution in [-0.2, 0) is 6.54 Å². The molecule has 1 aliphatic carbocycles. The van der Waals surface area contributed by atoms with Crippen molar-refractivity contribution < 1.29 is 4.39 Å². The Kier molecular flexibility index (Phi) is 3.83. The molecule has 1 N–H and O–H groups in total. The topological polar surface area (TPSA) is 12.0 Å². The maximum atomic E-state index is 13.2. The van der Waals surface area contributed by atoms with E-state index in [9.17, 15) is 4.39 Å². The number of hydrogen-bond acceptors (Lipinski definition) is 1. The fourth-order valence-corrected chi connectivity index (χ4v) is 2.90. The first-order valence-electron chi connectivity index (χ1n) is 7.25. The van der Waals surface area contributed by atoms with E-state index in [1.807, 2.05) is 6.07 Å². The van der Waals surface area contributed by atoms with Crippen LogP contribution in [0.1, 0.15) is 35.4 Å². The Morgan fingerprint density at radius 2 is 1.90 bits per heavy atom. The third kappa shape index (κ3) is 3.07. The van der Waals surface area contributed by atoms with Gasteiger partial charge in [-0.05, 0) is 48.9 Å². The van der Waals surface area contributed by atoms with Crippen molar-refractivity contribution in [1.29, 1.82) is 0 Å². The van der Waals surface area contributed by atoms with E-state index >= 15 is 0 Å². The maximum absolute atomic E-state index is 13.2. The van der Waals surface area contributed by atoms with Crippen molar-refractivity contribution in [1.82, 2.24) is 5.32 Å². The molecule has 0 bridgehead atoms. The molecule has 0 heterocycles. The van der Waals surface area contributed by atoms with Crippen LogP contribution < -0.4 is 5.32 Å². The van der Waals surface area contributed by atoms with E-state index in [0.29, 0.717) is 12.0 Å². The summed E-state index contributed by atoms with van der Waals surface area (Å²) in [5, 5.41) is 3.58. The van der Waals surface area contributed by atoms with Crippen molar-refractivity contribution >= 4 is 0 Å². The Labute approximate surface area is 119 Å². The zero-order valence-electron chi connectivity index (χ0n) is 11.8. The SMILES string of the molecule is Cc1cccc(CNC2CC(c3cccc(F)c3)C2)c1. The lowest BCUT2D eigenvalue weighted by Gasteiger charge is -2.36. The van der Waals surface area contributed by atoms with Crippen molar-refractivity contribution in [2.45, 2.75) is 38.3 Å². The number of halogens is 1. The smallest absolute Gasteiger partial charge is 0.123 e. The van der Waals surface area contributed by atoms with Gasteiger partial charge in [-0.2, -0.15) is 0 Å². The molecule has 1 aliphatic rings. The van der Waals surface area contributed by atoms with Crippen molar-refractivity contribution in [3.05, 3.63) is 71.0 Å². The molecule has 2 heteroatoms. The van der Waals surface area contributed by atoms with Gasteiger partial charge in [0.15, 0.2) is 0 Å². The molecule has 20 heavy (non-hydrogen) atoms. The Morgan fingerprint density at radius 3 is 2.65 bits per heavy atom. The molecule has 3 rings (SSSR count). The fourth-order valence-electron chi connectivity index (χ4n) is 2.90. The van der Waals surface area contributed by atoms with Gasteiger partial charge in [0.1, 0.15) is 5.82 Å². The molecule has 104 valence electrons. The average molecular weight is 269 g/mol.